The number of carbonyl (C=O) groups excluding carboxylic acids is 4. The van der Waals surface area contributed by atoms with Gasteiger partial charge in [0.05, 0.1) is 0 Å². The van der Waals surface area contributed by atoms with Gasteiger partial charge in [0.2, 0.25) is 5.91 Å². The maximum atomic E-state index is 12.6. The average Bonchev–Trinajstić information content (AvgIpc) is 3.03. The molecule has 0 spiro atoms. The molecule has 1 aromatic carbocycles. The normalized spacial score (nSPS) is 13.1. The van der Waals surface area contributed by atoms with Crippen LogP contribution >= 0.6 is 0 Å². The number of nitrogens with two attached hydrogens (primary N) is 1. The predicted octanol–water partition coefficient (Wildman–Crippen LogP) is -0.248. The maximum absolute atomic E-state index is 12.6. The van der Waals surface area contributed by atoms with Gasteiger partial charge in [-0.2, -0.15) is 0 Å². The maximum Gasteiger partial charge on any atom is 0.253 e. The fourth-order valence-electron chi connectivity index (χ4n) is 2.81. The zero-order valence-electron chi connectivity index (χ0n) is 16.5. The van der Waals surface area contributed by atoms with Crippen molar-refractivity contribution in [1.29, 1.82) is 0 Å². The molecular formula is C20H27N5O4. The second-order valence-corrected chi connectivity index (χ2v) is 6.52. The van der Waals surface area contributed by atoms with Crippen LogP contribution < -0.4 is 16.4 Å². The molecule has 0 unspecified atom stereocenters. The fourth-order valence-corrected chi connectivity index (χ4v) is 2.81. The molecule has 0 saturated carbocycles. The number of rotatable bonds is 11. The molecule has 0 atom stereocenters. The van der Waals surface area contributed by atoms with E-state index in [1.54, 1.807) is 29.2 Å². The number of nitrogens with one attached hydrogen (secondary N) is 2. The smallest absolute Gasteiger partial charge is 0.253 e. The third-order valence-electron chi connectivity index (χ3n) is 4.45. The second-order valence-electron chi connectivity index (χ2n) is 6.52. The number of benzene rings is 1. The van der Waals surface area contributed by atoms with Crippen molar-refractivity contribution in [3.05, 3.63) is 42.0 Å². The highest BCUT2D eigenvalue weighted by atomic mass is 16.2. The Labute approximate surface area is 169 Å². The monoisotopic (exact) mass is 401 g/mol. The number of nitrogen functional groups attached to an aromatic ring is 1. The van der Waals surface area contributed by atoms with Gasteiger partial charge in [-0.3, -0.25) is 24.1 Å². The van der Waals surface area contributed by atoms with Gasteiger partial charge in [-0.1, -0.05) is 6.92 Å². The summed E-state index contributed by atoms with van der Waals surface area (Å²) in [6.07, 6.45) is 2.43. The molecule has 0 aliphatic carbocycles. The zero-order chi connectivity index (χ0) is 21.2. The topological polar surface area (TPSA) is 125 Å². The Morgan fingerprint density at radius 1 is 1.03 bits per heavy atom. The fraction of sp³-hybridized carbons (Fsp3) is 0.400. The van der Waals surface area contributed by atoms with Crippen molar-refractivity contribution in [2.24, 2.45) is 0 Å². The van der Waals surface area contributed by atoms with Gasteiger partial charge in [-0.25, -0.2) is 0 Å². The molecule has 29 heavy (non-hydrogen) atoms. The van der Waals surface area contributed by atoms with Crippen molar-refractivity contribution in [1.82, 2.24) is 20.4 Å². The number of nitrogens with zero attached hydrogens (tertiary/aromatic N) is 2. The SMILES string of the molecule is CCNCCN(CCNC(=O)c1ccc(N)cc1)C(=O)CCN1C(=O)C=CC1=O. The first kappa shape index (κ1) is 22.1. The van der Waals surface area contributed by atoms with E-state index < -0.39 is 11.8 Å². The summed E-state index contributed by atoms with van der Waals surface area (Å²) in [6.45, 7) is 4.46. The van der Waals surface area contributed by atoms with Gasteiger partial charge in [0.25, 0.3) is 17.7 Å². The lowest BCUT2D eigenvalue weighted by atomic mass is 10.2. The third-order valence-corrected chi connectivity index (χ3v) is 4.45. The van der Waals surface area contributed by atoms with E-state index in [2.05, 4.69) is 10.6 Å². The van der Waals surface area contributed by atoms with E-state index in [0.29, 0.717) is 30.9 Å². The third kappa shape index (κ3) is 6.72. The highest BCUT2D eigenvalue weighted by molar-refractivity contribution is 6.13. The standard InChI is InChI=1S/C20H27N5O4/c1-2-22-10-13-24(17(26)9-12-25-18(27)7-8-19(25)28)14-11-23-20(29)15-3-5-16(21)6-4-15/h3-8,22H,2,9-14,21H2,1H3,(H,23,29). The summed E-state index contributed by atoms with van der Waals surface area (Å²) in [5.74, 6) is -1.24. The Balaban J connectivity index is 1.84. The van der Waals surface area contributed by atoms with Crippen molar-refractivity contribution < 1.29 is 19.2 Å². The van der Waals surface area contributed by atoms with Crippen LogP contribution in [0.4, 0.5) is 5.69 Å². The van der Waals surface area contributed by atoms with E-state index in [0.717, 1.165) is 11.4 Å². The molecular weight excluding hydrogens is 374 g/mol. The molecule has 0 fully saturated rings. The summed E-state index contributed by atoms with van der Waals surface area (Å²) in [7, 11) is 0. The van der Waals surface area contributed by atoms with Gasteiger partial charge in [0, 0.05) is 62.5 Å². The quantitative estimate of drug-likeness (QED) is 0.267. The first-order valence-corrected chi connectivity index (χ1v) is 9.58. The number of amides is 4. The van der Waals surface area contributed by atoms with Gasteiger partial charge in [-0.15, -0.1) is 0 Å². The number of hydrogen-bond acceptors (Lipinski definition) is 6. The molecule has 9 heteroatoms. The molecule has 1 aliphatic rings. The predicted molar refractivity (Wildman–Crippen MR) is 109 cm³/mol. The molecule has 2 rings (SSSR count). The summed E-state index contributed by atoms with van der Waals surface area (Å²) in [4.78, 5) is 50.7. The van der Waals surface area contributed by atoms with Crippen LogP contribution in [-0.2, 0) is 14.4 Å². The summed E-state index contributed by atoms with van der Waals surface area (Å²) in [5, 5.41) is 5.94. The van der Waals surface area contributed by atoms with Crippen LogP contribution in [0.3, 0.4) is 0 Å². The van der Waals surface area contributed by atoms with Crippen molar-refractivity contribution in [2.45, 2.75) is 13.3 Å². The minimum absolute atomic E-state index is 0.0389. The van der Waals surface area contributed by atoms with E-state index in [1.165, 1.54) is 12.2 Å². The second kappa shape index (κ2) is 11.0. The molecule has 4 N–H and O–H groups in total. The van der Waals surface area contributed by atoms with Crippen LogP contribution in [-0.4, -0.2) is 72.7 Å². The van der Waals surface area contributed by atoms with Crippen LogP contribution in [0.5, 0.6) is 0 Å². The minimum atomic E-state index is -0.405. The largest absolute Gasteiger partial charge is 0.399 e. The molecule has 4 amide bonds. The van der Waals surface area contributed by atoms with Crippen molar-refractivity contribution in [2.75, 3.05) is 45.0 Å². The highest BCUT2D eigenvalue weighted by Gasteiger charge is 2.24. The molecule has 1 aromatic rings. The molecule has 1 heterocycles. The van der Waals surface area contributed by atoms with E-state index in [1.807, 2.05) is 6.92 Å². The van der Waals surface area contributed by atoms with Crippen LogP contribution in [0, 0.1) is 0 Å². The Hall–Kier alpha value is -3.20. The van der Waals surface area contributed by atoms with Crippen molar-refractivity contribution in [3.63, 3.8) is 0 Å². The van der Waals surface area contributed by atoms with Gasteiger partial charge >= 0.3 is 0 Å². The highest BCUT2D eigenvalue weighted by Crippen LogP contribution is 2.06. The first-order chi connectivity index (χ1) is 13.9. The van der Waals surface area contributed by atoms with E-state index in [9.17, 15) is 19.2 Å². The van der Waals surface area contributed by atoms with E-state index >= 15 is 0 Å². The van der Waals surface area contributed by atoms with Crippen LogP contribution in [0.15, 0.2) is 36.4 Å². The number of hydrogen-bond donors (Lipinski definition) is 3. The van der Waals surface area contributed by atoms with Gasteiger partial charge in [-0.05, 0) is 30.8 Å². The Morgan fingerprint density at radius 3 is 2.28 bits per heavy atom. The Morgan fingerprint density at radius 2 is 1.66 bits per heavy atom. The zero-order valence-corrected chi connectivity index (χ0v) is 16.5. The van der Waals surface area contributed by atoms with Crippen LogP contribution in [0.2, 0.25) is 0 Å². The molecule has 0 radical (unpaired) electrons. The number of imide groups is 1. The van der Waals surface area contributed by atoms with Gasteiger partial charge in [0.1, 0.15) is 0 Å². The average molecular weight is 401 g/mol. The van der Waals surface area contributed by atoms with E-state index in [-0.39, 0.29) is 31.3 Å². The van der Waals surface area contributed by atoms with Crippen molar-refractivity contribution >= 4 is 29.3 Å². The summed E-state index contributed by atoms with van der Waals surface area (Å²) >= 11 is 0. The summed E-state index contributed by atoms with van der Waals surface area (Å²) in [6, 6.07) is 6.57. The van der Waals surface area contributed by atoms with E-state index in [4.69, 9.17) is 5.73 Å². The van der Waals surface area contributed by atoms with Crippen LogP contribution in [0.25, 0.3) is 0 Å². The molecule has 0 saturated heterocycles. The Bertz CT molecular complexity index is 758. The first-order valence-electron chi connectivity index (χ1n) is 9.58. The molecule has 0 bridgehead atoms. The lowest BCUT2D eigenvalue weighted by Gasteiger charge is -2.24. The molecule has 0 aromatic heterocycles. The number of likely N-dealkylation sites (N-methyl/N-ethyl adjacent to an activating group) is 1. The van der Waals surface area contributed by atoms with Gasteiger partial charge in [0.15, 0.2) is 0 Å². The van der Waals surface area contributed by atoms with Crippen molar-refractivity contribution in [3.8, 4) is 0 Å². The lowest BCUT2D eigenvalue weighted by molar-refractivity contribution is -0.138. The number of anilines is 1. The summed E-state index contributed by atoms with van der Waals surface area (Å²) < 4.78 is 0. The van der Waals surface area contributed by atoms with Gasteiger partial charge < -0.3 is 21.3 Å². The summed E-state index contributed by atoms with van der Waals surface area (Å²) in [5.41, 5.74) is 6.68. The molecule has 156 valence electrons. The number of carbonyl (C=O) groups is 4. The Kier molecular flexibility index (Phi) is 8.35. The molecule has 1 aliphatic heterocycles. The minimum Gasteiger partial charge on any atom is -0.399 e. The molecule has 9 nitrogen and oxygen atoms in total. The lowest BCUT2D eigenvalue weighted by Crippen LogP contribution is -2.43. The van der Waals surface area contributed by atoms with Crippen LogP contribution in [0.1, 0.15) is 23.7 Å².